The van der Waals surface area contributed by atoms with E-state index in [0.29, 0.717) is 41.7 Å². The molecule has 3 rings (SSSR count). The van der Waals surface area contributed by atoms with Crippen LogP contribution in [0.2, 0.25) is 0 Å². The summed E-state index contributed by atoms with van der Waals surface area (Å²) in [6.07, 6.45) is 3.24. The van der Waals surface area contributed by atoms with Crippen LogP contribution in [0.4, 0.5) is 5.69 Å². The Hall–Kier alpha value is -3.62. The van der Waals surface area contributed by atoms with Crippen molar-refractivity contribution in [1.82, 2.24) is 14.6 Å². The fraction of sp³-hybridized carbons (Fsp3) is 0.300. The summed E-state index contributed by atoms with van der Waals surface area (Å²) in [4.78, 5) is 28.8. The van der Waals surface area contributed by atoms with Crippen molar-refractivity contribution < 1.29 is 23.8 Å². The van der Waals surface area contributed by atoms with Crippen LogP contribution >= 0.6 is 0 Å². The smallest absolute Gasteiger partial charge is 0.344 e. The van der Waals surface area contributed by atoms with Crippen LogP contribution < -0.4 is 14.8 Å². The first-order valence-electron chi connectivity index (χ1n) is 9.20. The van der Waals surface area contributed by atoms with E-state index in [9.17, 15) is 9.59 Å². The highest BCUT2D eigenvalue weighted by Gasteiger charge is 2.20. The highest BCUT2D eigenvalue weighted by molar-refractivity contribution is 5.99. The third kappa shape index (κ3) is 4.63. The Morgan fingerprint density at radius 1 is 1.14 bits per heavy atom. The van der Waals surface area contributed by atoms with Crippen LogP contribution in [0.25, 0.3) is 5.65 Å². The van der Waals surface area contributed by atoms with Crippen molar-refractivity contribution in [2.24, 2.45) is 0 Å². The molecule has 1 amide bonds. The first kappa shape index (κ1) is 20.1. The number of anilines is 1. The van der Waals surface area contributed by atoms with Gasteiger partial charge in [0, 0.05) is 24.1 Å². The molecule has 9 nitrogen and oxygen atoms in total. The van der Waals surface area contributed by atoms with Crippen LogP contribution in [-0.4, -0.2) is 46.3 Å². The van der Waals surface area contributed by atoms with Crippen molar-refractivity contribution in [3.05, 3.63) is 47.9 Å². The normalized spacial score (nSPS) is 10.6. The van der Waals surface area contributed by atoms with Crippen LogP contribution in [0.1, 0.15) is 29.9 Å². The van der Waals surface area contributed by atoms with Crippen LogP contribution in [0, 0.1) is 6.92 Å². The Bertz CT molecular complexity index is 1030. The van der Waals surface area contributed by atoms with Crippen molar-refractivity contribution in [2.45, 2.75) is 20.8 Å². The van der Waals surface area contributed by atoms with Crippen molar-refractivity contribution >= 4 is 23.2 Å². The predicted octanol–water partition coefficient (Wildman–Crippen LogP) is 2.63. The van der Waals surface area contributed by atoms with Gasteiger partial charge in [-0.05, 0) is 39.0 Å². The fourth-order valence-corrected chi connectivity index (χ4v) is 2.76. The molecule has 0 bridgehead atoms. The Balaban J connectivity index is 1.64. The number of hydrogen-bond acceptors (Lipinski definition) is 7. The van der Waals surface area contributed by atoms with Gasteiger partial charge in [0.15, 0.2) is 23.8 Å². The molecule has 0 saturated carbocycles. The minimum atomic E-state index is -0.659. The van der Waals surface area contributed by atoms with Gasteiger partial charge in [-0.3, -0.25) is 4.79 Å². The molecule has 0 aliphatic carbocycles. The molecule has 0 unspecified atom stereocenters. The van der Waals surface area contributed by atoms with Crippen molar-refractivity contribution in [2.75, 3.05) is 25.1 Å². The van der Waals surface area contributed by atoms with Gasteiger partial charge in [0.1, 0.15) is 5.56 Å². The van der Waals surface area contributed by atoms with Gasteiger partial charge in [-0.25, -0.2) is 14.3 Å². The SMILES string of the molecule is CCOc1ccc(NC(=O)COC(=O)c2c(C)nn3cccnc23)cc1OCC. The predicted molar refractivity (Wildman–Crippen MR) is 105 cm³/mol. The zero-order valence-corrected chi connectivity index (χ0v) is 16.5. The molecule has 152 valence electrons. The van der Waals surface area contributed by atoms with E-state index in [-0.39, 0.29) is 5.56 Å². The minimum Gasteiger partial charge on any atom is -0.490 e. The van der Waals surface area contributed by atoms with E-state index in [1.54, 1.807) is 43.6 Å². The van der Waals surface area contributed by atoms with Crippen molar-refractivity contribution in [3.8, 4) is 11.5 Å². The lowest BCUT2D eigenvalue weighted by Gasteiger charge is -2.13. The lowest BCUT2D eigenvalue weighted by molar-refractivity contribution is -0.119. The third-order valence-electron chi connectivity index (χ3n) is 3.94. The molecule has 0 radical (unpaired) electrons. The quantitative estimate of drug-likeness (QED) is 0.582. The molecule has 0 atom stereocenters. The van der Waals surface area contributed by atoms with Crippen molar-refractivity contribution in [3.63, 3.8) is 0 Å². The number of benzene rings is 1. The summed E-state index contributed by atoms with van der Waals surface area (Å²) in [6.45, 7) is 5.93. The molecule has 1 N–H and O–H groups in total. The molecule has 2 aromatic heterocycles. The van der Waals surface area contributed by atoms with Crippen LogP contribution in [0.3, 0.4) is 0 Å². The number of ether oxygens (including phenoxy) is 3. The lowest BCUT2D eigenvalue weighted by Crippen LogP contribution is -2.21. The number of carbonyl (C=O) groups is 2. The number of aryl methyl sites for hydroxylation is 1. The second-order valence-corrected chi connectivity index (χ2v) is 6.00. The Morgan fingerprint density at radius 2 is 1.90 bits per heavy atom. The largest absolute Gasteiger partial charge is 0.490 e. The molecular formula is C20H22N4O5. The van der Waals surface area contributed by atoms with Crippen molar-refractivity contribution in [1.29, 1.82) is 0 Å². The molecular weight excluding hydrogens is 376 g/mol. The lowest BCUT2D eigenvalue weighted by atomic mass is 10.2. The maximum absolute atomic E-state index is 12.4. The summed E-state index contributed by atoms with van der Waals surface area (Å²) in [6, 6.07) is 6.76. The fourth-order valence-electron chi connectivity index (χ4n) is 2.76. The van der Waals surface area contributed by atoms with Gasteiger partial charge in [-0.2, -0.15) is 5.10 Å². The monoisotopic (exact) mass is 398 g/mol. The van der Waals surface area contributed by atoms with Crippen LogP contribution in [0.5, 0.6) is 11.5 Å². The van der Waals surface area contributed by atoms with E-state index in [0.717, 1.165) is 0 Å². The van der Waals surface area contributed by atoms with Gasteiger partial charge in [-0.1, -0.05) is 0 Å². The third-order valence-corrected chi connectivity index (χ3v) is 3.94. The Labute approximate surface area is 167 Å². The zero-order valence-electron chi connectivity index (χ0n) is 16.5. The summed E-state index contributed by atoms with van der Waals surface area (Å²) in [5, 5.41) is 6.88. The summed E-state index contributed by atoms with van der Waals surface area (Å²) in [5.41, 5.74) is 1.59. The molecule has 0 aliphatic rings. The van der Waals surface area contributed by atoms with Crippen LogP contribution in [-0.2, 0) is 9.53 Å². The van der Waals surface area contributed by atoms with E-state index in [4.69, 9.17) is 14.2 Å². The van der Waals surface area contributed by atoms with Gasteiger partial charge in [-0.15, -0.1) is 0 Å². The maximum Gasteiger partial charge on any atom is 0.344 e. The standard InChI is InChI=1S/C20H22N4O5/c1-4-27-15-8-7-14(11-16(15)28-5-2)22-17(25)12-29-20(26)18-13(3)23-24-10-6-9-21-19(18)24/h6-11H,4-5,12H2,1-3H3,(H,22,25). The second kappa shape index (κ2) is 9.05. The molecule has 0 spiro atoms. The number of carbonyl (C=O) groups excluding carboxylic acids is 2. The number of nitrogens with zero attached hydrogens (tertiary/aromatic N) is 3. The summed E-state index contributed by atoms with van der Waals surface area (Å²) in [5.74, 6) is -0.0212. The summed E-state index contributed by atoms with van der Waals surface area (Å²) < 4.78 is 17.7. The number of nitrogens with one attached hydrogen (secondary N) is 1. The van der Waals surface area contributed by atoms with E-state index in [1.165, 1.54) is 4.52 Å². The first-order chi connectivity index (χ1) is 14.0. The van der Waals surface area contributed by atoms with Crippen LogP contribution in [0.15, 0.2) is 36.7 Å². The van der Waals surface area contributed by atoms with E-state index < -0.39 is 18.5 Å². The molecule has 2 heterocycles. The number of hydrogen-bond donors (Lipinski definition) is 1. The number of rotatable bonds is 8. The zero-order chi connectivity index (χ0) is 20.8. The number of fused-ring (bicyclic) bond motifs is 1. The highest BCUT2D eigenvalue weighted by atomic mass is 16.5. The number of esters is 1. The van der Waals surface area contributed by atoms with E-state index in [2.05, 4.69) is 15.4 Å². The molecule has 29 heavy (non-hydrogen) atoms. The molecule has 9 heteroatoms. The van der Waals surface area contributed by atoms with Gasteiger partial charge < -0.3 is 19.5 Å². The highest BCUT2D eigenvalue weighted by Crippen LogP contribution is 2.30. The average Bonchev–Trinajstić information content (AvgIpc) is 3.04. The Morgan fingerprint density at radius 3 is 2.66 bits per heavy atom. The topological polar surface area (TPSA) is 104 Å². The maximum atomic E-state index is 12.4. The van der Waals surface area contributed by atoms with E-state index >= 15 is 0 Å². The van der Waals surface area contributed by atoms with E-state index in [1.807, 2.05) is 13.8 Å². The summed E-state index contributed by atoms with van der Waals surface area (Å²) in [7, 11) is 0. The first-order valence-corrected chi connectivity index (χ1v) is 9.20. The van der Waals surface area contributed by atoms with Gasteiger partial charge in [0.05, 0.1) is 18.9 Å². The molecule has 0 aliphatic heterocycles. The number of amides is 1. The number of aromatic nitrogens is 3. The van der Waals surface area contributed by atoms with Gasteiger partial charge in [0.25, 0.3) is 5.91 Å². The Kier molecular flexibility index (Phi) is 6.28. The molecule has 1 aromatic carbocycles. The average molecular weight is 398 g/mol. The molecule has 0 fully saturated rings. The van der Waals surface area contributed by atoms with Gasteiger partial charge in [0.2, 0.25) is 0 Å². The second-order valence-electron chi connectivity index (χ2n) is 6.00. The molecule has 0 saturated heterocycles. The minimum absolute atomic E-state index is 0.234. The summed E-state index contributed by atoms with van der Waals surface area (Å²) >= 11 is 0. The molecule has 3 aromatic rings. The van der Waals surface area contributed by atoms with Gasteiger partial charge >= 0.3 is 5.97 Å².